The molecule has 0 atom stereocenters. The molecule has 7 heteroatoms. The van der Waals surface area contributed by atoms with E-state index in [0.717, 1.165) is 15.6 Å². The third kappa shape index (κ3) is 2.23. The first-order valence-electron chi connectivity index (χ1n) is 5.81. The second kappa shape index (κ2) is 4.93. The molecule has 2 heterocycles. The van der Waals surface area contributed by atoms with Gasteiger partial charge in [0.2, 0.25) is 0 Å². The highest BCUT2D eigenvalue weighted by atomic mass is 79.9. The van der Waals surface area contributed by atoms with Crippen LogP contribution in [0.5, 0.6) is 0 Å². The monoisotopic (exact) mass is 331 g/mol. The van der Waals surface area contributed by atoms with Gasteiger partial charge in [0.25, 0.3) is 5.56 Å². The van der Waals surface area contributed by atoms with Gasteiger partial charge in [-0.3, -0.25) is 9.89 Å². The smallest absolute Gasteiger partial charge is 0.264 e. The Balaban J connectivity index is 2.16. The van der Waals surface area contributed by atoms with Crippen LogP contribution in [0.15, 0.2) is 45.7 Å². The molecule has 0 aliphatic carbocycles. The number of rotatable bonds is 2. The Bertz CT molecular complexity index is 786. The molecule has 0 amide bonds. The van der Waals surface area contributed by atoms with E-state index in [1.807, 2.05) is 24.3 Å². The van der Waals surface area contributed by atoms with Crippen LogP contribution in [0.2, 0.25) is 0 Å². The second-order valence-electron chi connectivity index (χ2n) is 4.17. The van der Waals surface area contributed by atoms with Crippen molar-refractivity contribution in [1.82, 2.24) is 20.4 Å². The quantitative estimate of drug-likeness (QED) is 0.669. The number of nitrogens with two attached hydrogens (primary N) is 1. The van der Waals surface area contributed by atoms with Crippen molar-refractivity contribution < 1.29 is 0 Å². The van der Waals surface area contributed by atoms with E-state index in [4.69, 9.17) is 5.73 Å². The number of H-pyrrole nitrogens is 2. The minimum absolute atomic E-state index is 0.258. The molecule has 2 aromatic heterocycles. The van der Waals surface area contributed by atoms with Crippen LogP contribution < -0.4 is 11.3 Å². The van der Waals surface area contributed by atoms with Gasteiger partial charge in [0.05, 0.1) is 11.3 Å². The number of aromatic amines is 2. The molecule has 3 rings (SSSR count). The van der Waals surface area contributed by atoms with Gasteiger partial charge in [-0.2, -0.15) is 10.2 Å². The van der Waals surface area contributed by atoms with Gasteiger partial charge in [0.1, 0.15) is 5.69 Å². The third-order valence-corrected chi connectivity index (χ3v) is 3.39. The topological polar surface area (TPSA) is 100 Å². The Kier molecular flexibility index (Phi) is 3.11. The first-order valence-corrected chi connectivity index (χ1v) is 6.60. The summed E-state index contributed by atoms with van der Waals surface area (Å²) in [5.74, 6) is 0.385. The summed E-state index contributed by atoms with van der Waals surface area (Å²) < 4.78 is 0.979. The summed E-state index contributed by atoms with van der Waals surface area (Å²) in [6.45, 7) is 0. The SMILES string of the molecule is Nc1n[nH]c(-c2ccc(=O)[nH]n2)c1-c1ccc(Br)cc1. The van der Waals surface area contributed by atoms with E-state index < -0.39 is 0 Å². The molecule has 20 heavy (non-hydrogen) atoms. The van der Waals surface area contributed by atoms with Crippen LogP contribution in [0.4, 0.5) is 5.82 Å². The molecule has 0 aliphatic rings. The Morgan fingerprint density at radius 1 is 1.00 bits per heavy atom. The number of nitrogens with zero attached hydrogens (tertiary/aromatic N) is 2. The van der Waals surface area contributed by atoms with Gasteiger partial charge >= 0.3 is 0 Å². The van der Waals surface area contributed by atoms with Gasteiger partial charge in [-0.15, -0.1) is 0 Å². The Morgan fingerprint density at radius 3 is 2.40 bits per heavy atom. The molecule has 0 saturated heterocycles. The number of benzene rings is 1. The van der Waals surface area contributed by atoms with Gasteiger partial charge in [-0.1, -0.05) is 28.1 Å². The van der Waals surface area contributed by atoms with E-state index in [1.54, 1.807) is 6.07 Å². The maximum absolute atomic E-state index is 11.1. The lowest BCUT2D eigenvalue weighted by atomic mass is 10.0. The van der Waals surface area contributed by atoms with Crippen molar-refractivity contribution in [3.05, 3.63) is 51.2 Å². The number of anilines is 1. The molecule has 0 spiro atoms. The average Bonchev–Trinajstić information content (AvgIpc) is 2.83. The van der Waals surface area contributed by atoms with Gasteiger partial charge in [0.15, 0.2) is 5.82 Å². The van der Waals surface area contributed by atoms with E-state index >= 15 is 0 Å². The minimum atomic E-state index is -0.258. The van der Waals surface area contributed by atoms with Gasteiger partial charge < -0.3 is 5.73 Å². The van der Waals surface area contributed by atoms with Crippen LogP contribution in [-0.4, -0.2) is 20.4 Å². The largest absolute Gasteiger partial charge is 0.382 e. The predicted octanol–water partition coefficient (Wildman–Crippen LogP) is 2.17. The summed E-state index contributed by atoms with van der Waals surface area (Å²) in [4.78, 5) is 11.1. The van der Waals surface area contributed by atoms with Crippen LogP contribution in [0, 0.1) is 0 Å². The highest BCUT2D eigenvalue weighted by molar-refractivity contribution is 9.10. The highest BCUT2D eigenvalue weighted by Gasteiger charge is 2.15. The summed E-state index contributed by atoms with van der Waals surface area (Å²) in [5, 5.41) is 13.3. The lowest BCUT2D eigenvalue weighted by Crippen LogP contribution is -2.05. The second-order valence-corrected chi connectivity index (χ2v) is 5.09. The molecule has 0 aliphatic heterocycles. The number of hydrogen-bond donors (Lipinski definition) is 3. The number of nitrogen functional groups attached to an aromatic ring is 1. The predicted molar refractivity (Wildman–Crippen MR) is 80.0 cm³/mol. The maximum Gasteiger partial charge on any atom is 0.264 e. The van der Waals surface area contributed by atoms with E-state index in [2.05, 4.69) is 36.3 Å². The lowest BCUT2D eigenvalue weighted by Gasteiger charge is -2.04. The molecule has 0 radical (unpaired) electrons. The standard InChI is InChI=1S/C13H10BrN5O/c14-8-3-1-7(2-4-8)11-12(18-19-13(11)15)9-5-6-10(20)17-16-9/h1-6H,(H,17,20)(H3,15,18,19). The maximum atomic E-state index is 11.1. The molecular formula is C13H10BrN5O. The van der Waals surface area contributed by atoms with Crippen molar-refractivity contribution in [2.45, 2.75) is 0 Å². The number of halogens is 1. The zero-order valence-corrected chi connectivity index (χ0v) is 11.8. The average molecular weight is 332 g/mol. The van der Waals surface area contributed by atoms with E-state index in [9.17, 15) is 4.79 Å². The fourth-order valence-electron chi connectivity index (χ4n) is 1.93. The molecule has 4 N–H and O–H groups in total. The molecule has 100 valence electrons. The van der Waals surface area contributed by atoms with Crippen molar-refractivity contribution in [2.24, 2.45) is 0 Å². The van der Waals surface area contributed by atoms with Crippen LogP contribution in [0.1, 0.15) is 0 Å². The van der Waals surface area contributed by atoms with Crippen LogP contribution >= 0.6 is 15.9 Å². The van der Waals surface area contributed by atoms with Crippen LogP contribution in [-0.2, 0) is 0 Å². The fraction of sp³-hybridized carbons (Fsp3) is 0. The van der Waals surface area contributed by atoms with Gasteiger partial charge in [-0.05, 0) is 23.8 Å². The van der Waals surface area contributed by atoms with Crippen molar-refractivity contribution in [1.29, 1.82) is 0 Å². The fourth-order valence-corrected chi connectivity index (χ4v) is 2.20. The van der Waals surface area contributed by atoms with Crippen molar-refractivity contribution in [2.75, 3.05) is 5.73 Å². The minimum Gasteiger partial charge on any atom is -0.382 e. The van der Waals surface area contributed by atoms with E-state index in [-0.39, 0.29) is 5.56 Å². The Hall–Kier alpha value is -2.41. The highest BCUT2D eigenvalue weighted by Crippen LogP contribution is 2.33. The Morgan fingerprint density at radius 2 is 1.75 bits per heavy atom. The van der Waals surface area contributed by atoms with Crippen LogP contribution in [0.25, 0.3) is 22.5 Å². The zero-order valence-electron chi connectivity index (χ0n) is 10.2. The molecule has 0 fully saturated rings. The molecule has 3 aromatic rings. The molecule has 1 aromatic carbocycles. The summed E-state index contributed by atoms with van der Waals surface area (Å²) in [6.07, 6.45) is 0. The summed E-state index contributed by atoms with van der Waals surface area (Å²) >= 11 is 3.39. The summed E-state index contributed by atoms with van der Waals surface area (Å²) in [6, 6.07) is 10.7. The van der Waals surface area contributed by atoms with E-state index in [1.165, 1.54) is 6.07 Å². The van der Waals surface area contributed by atoms with Gasteiger partial charge in [0, 0.05) is 10.5 Å². The molecule has 0 saturated carbocycles. The van der Waals surface area contributed by atoms with Crippen LogP contribution in [0.3, 0.4) is 0 Å². The Labute approximate surface area is 122 Å². The molecular weight excluding hydrogens is 322 g/mol. The first kappa shape index (κ1) is 12.6. The van der Waals surface area contributed by atoms with E-state index in [0.29, 0.717) is 17.2 Å². The zero-order chi connectivity index (χ0) is 14.1. The molecule has 0 unspecified atom stereocenters. The number of nitrogens with one attached hydrogen (secondary N) is 2. The summed E-state index contributed by atoms with van der Waals surface area (Å²) in [5.41, 5.74) is 8.59. The molecule has 6 nitrogen and oxygen atoms in total. The number of aromatic nitrogens is 4. The first-order chi connectivity index (χ1) is 9.65. The number of hydrogen-bond acceptors (Lipinski definition) is 4. The van der Waals surface area contributed by atoms with Crippen molar-refractivity contribution in [3.63, 3.8) is 0 Å². The van der Waals surface area contributed by atoms with Crippen molar-refractivity contribution in [3.8, 4) is 22.5 Å². The van der Waals surface area contributed by atoms with Gasteiger partial charge in [-0.25, -0.2) is 5.10 Å². The molecule has 0 bridgehead atoms. The third-order valence-electron chi connectivity index (χ3n) is 2.86. The lowest BCUT2D eigenvalue weighted by molar-refractivity contribution is 0.982. The van der Waals surface area contributed by atoms with Crippen molar-refractivity contribution >= 4 is 21.7 Å². The normalized spacial score (nSPS) is 10.7. The summed E-state index contributed by atoms with van der Waals surface area (Å²) in [7, 11) is 0.